The third kappa shape index (κ3) is 3.55. The Balaban J connectivity index is 2.82. The van der Waals surface area contributed by atoms with Crippen molar-refractivity contribution in [3.63, 3.8) is 0 Å². The lowest BCUT2D eigenvalue weighted by atomic mass is 10.1. The van der Waals surface area contributed by atoms with E-state index in [4.69, 9.17) is 10.2 Å². The fourth-order valence-electron chi connectivity index (χ4n) is 1.32. The normalized spacial score (nSPS) is 11.6. The summed E-state index contributed by atoms with van der Waals surface area (Å²) in [7, 11) is 0. The lowest BCUT2D eigenvalue weighted by Crippen LogP contribution is -2.42. The minimum Gasteiger partial charge on any atom is -0.481 e. The smallest absolute Gasteiger partial charge is 0.326 e. The number of rotatable bonds is 5. The van der Waals surface area contributed by atoms with Crippen molar-refractivity contribution in [1.29, 1.82) is 0 Å². The molecule has 1 heterocycles. The largest absolute Gasteiger partial charge is 0.481 e. The predicted molar refractivity (Wildman–Crippen MR) is 60.1 cm³/mol. The van der Waals surface area contributed by atoms with E-state index in [1.165, 1.54) is 6.20 Å². The Morgan fingerprint density at radius 1 is 1.39 bits per heavy atom. The molecule has 0 aliphatic rings. The number of nitrogens with zero attached hydrogens (tertiary/aromatic N) is 1. The van der Waals surface area contributed by atoms with E-state index in [1.54, 1.807) is 19.1 Å². The van der Waals surface area contributed by atoms with Gasteiger partial charge in [-0.25, -0.2) is 4.79 Å². The van der Waals surface area contributed by atoms with Crippen LogP contribution in [0.2, 0.25) is 0 Å². The SMILES string of the molecule is Cc1cccnc1C(=O)NC(CC(=O)O)C(=O)O. The third-order valence-electron chi connectivity index (χ3n) is 2.21. The summed E-state index contributed by atoms with van der Waals surface area (Å²) in [5.74, 6) is -3.42. The van der Waals surface area contributed by atoms with Crippen molar-refractivity contribution < 1.29 is 24.6 Å². The van der Waals surface area contributed by atoms with Gasteiger partial charge in [0, 0.05) is 6.20 Å². The first-order valence-electron chi connectivity index (χ1n) is 5.09. The molecule has 0 radical (unpaired) electrons. The van der Waals surface area contributed by atoms with Crippen molar-refractivity contribution in [3.05, 3.63) is 29.6 Å². The topological polar surface area (TPSA) is 117 Å². The van der Waals surface area contributed by atoms with Crippen LogP contribution in [0.4, 0.5) is 0 Å². The number of carbonyl (C=O) groups is 3. The third-order valence-corrected chi connectivity index (χ3v) is 2.21. The minimum absolute atomic E-state index is 0.0779. The number of carboxylic acids is 2. The molecule has 1 aromatic heterocycles. The van der Waals surface area contributed by atoms with E-state index < -0.39 is 30.3 Å². The molecule has 1 rings (SSSR count). The van der Waals surface area contributed by atoms with Gasteiger partial charge in [0.15, 0.2) is 0 Å². The van der Waals surface area contributed by atoms with E-state index in [1.807, 2.05) is 0 Å². The van der Waals surface area contributed by atoms with Gasteiger partial charge in [-0.05, 0) is 18.6 Å². The van der Waals surface area contributed by atoms with Gasteiger partial charge in [-0.1, -0.05) is 6.07 Å². The fourth-order valence-corrected chi connectivity index (χ4v) is 1.32. The Bertz CT molecular complexity index is 486. The summed E-state index contributed by atoms with van der Waals surface area (Å²) in [4.78, 5) is 36.8. The number of nitrogens with one attached hydrogen (secondary N) is 1. The number of aryl methyl sites for hydroxylation is 1. The van der Waals surface area contributed by atoms with Gasteiger partial charge >= 0.3 is 11.9 Å². The Morgan fingerprint density at radius 2 is 2.06 bits per heavy atom. The van der Waals surface area contributed by atoms with Crippen LogP contribution in [0.25, 0.3) is 0 Å². The summed E-state index contributed by atoms with van der Waals surface area (Å²) < 4.78 is 0. The standard InChI is InChI=1S/C11H12N2O5/c1-6-3-2-4-12-9(6)10(16)13-7(11(17)18)5-8(14)15/h2-4,7H,5H2,1H3,(H,13,16)(H,14,15)(H,17,18). The van der Waals surface area contributed by atoms with Crippen LogP contribution in [0.5, 0.6) is 0 Å². The monoisotopic (exact) mass is 252 g/mol. The first kappa shape index (κ1) is 13.6. The van der Waals surface area contributed by atoms with Crippen LogP contribution in [0, 0.1) is 6.92 Å². The average molecular weight is 252 g/mol. The Kier molecular flexibility index (Phi) is 4.36. The number of aromatic nitrogens is 1. The van der Waals surface area contributed by atoms with Crippen molar-refractivity contribution in [2.45, 2.75) is 19.4 Å². The summed E-state index contributed by atoms with van der Waals surface area (Å²) in [5, 5.41) is 19.5. The molecule has 0 bridgehead atoms. The van der Waals surface area contributed by atoms with Gasteiger partial charge in [-0.3, -0.25) is 14.6 Å². The molecule has 0 saturated carbocycles. The number of carbonyl (C=O) groups excluding carboxylic acids is 1. The molecule has 0 fully saturated rings. The number of hydrogen-bond acceptors (Lipinski definition) is 4. The number of hydrogen-bond donors (Lipinski definition) is 3. The Morgan fingerprint density at radius 3 is 2.56 bits per heavy atom. The van der Waals surface area contributed by atoms with Gasteiger partial charge in [0.25, 0.3) is 5.91 Å². The van der Waals surface area contributed by atoms with Crippen LogP contribution in [-0.4, -0.2) is 39.1 Å². The number of pyridine rings is 1. The molecule has 3 N–H and O–H groups in total. The van der Waals surface area contributed by atoms with Crippen LogP contribution >= 0.6 is 0 Å². The molecule has 1 unspecified atom stereocenters. The zero-order chi connectivity index (χ0) is 13.7. The van der Waals surface area contributed by atoms with Crippen molar-refractivity contribution in [2.24, 2.45) is 0 Å². The van der Waals surface area contributed by atoms with Crippen LogP contribution < -0.4 is 5.32 Å². The second-order valence-corrected chi connectivity index (χ2v) is 3.63. The van der Waals surface area contributed by atoms with Crippen LogP contribution in [-0.2, 0) is 9.59 Å². The average Bonchev–Trinajstić information content (AvgIpc) is 2.27. The van der Waals surface area contributed by atoms with Gasteiger partial charge in [0.1, 0.15) is 11.7 Å². The lowest BCUT2D eigenvalue weighted by molar-refractivity contribution is -0.145. The highest BCUT2D eigenvalue weighted by atomic mass is 16.4. The molecule has 7 nitrogen and oxygen atoms in total. The summed E-state index contributed by atoms with van der Waals surface area (Å²) >= 11 is 0. The van der Waals surface area contributed by atoms with Crippen molar-refractivity contribution in [1.82, 2.24) is 10.3 Å². The molecule has 1 aromatic rings. The molecule has 18 heavy (non-hydrogen) atoms. The van der Waals surface area contributed by atoms with Gasteiger partial charge in [-0.2, -0.15) is 0 Å². The number of aliphatic carboxylic acids is 2. The number of amides is 1. The molecule has 0 aliphatic carbocycles. The predicted octanol–water partition coefficient (Wildman–Crippen LogP) is 0.0477. The zero-order valence-electron chi connectivity index (χ0n) is 9.58. The molecular formula is C11H12N2O5. The first-order chi connectivity index (χ1) is 8.41. The maximum atomic E-state index is 11.7. The fraction of sp³-hybridized carbons (Fsp3) is 0.273. The molecule has 0 aliphatic heterocycles. The van der Waals surface area contributed by atoms with Gasteiger partial charge in [0.05, 0.1) is 6.42 Å². The molecule has 96 valence electrons. The first-order valence-corrected chi connectivity index (χ1v) is 5.09. The van der Waals surface area contributed by atoms with Gasteiger partial charge < -0.3 is 15.5 Å². The summed E-state index contributed by atoms with van der Waals surface area (Å²) in [6, 6.07) is 1.81. The molecule has 1 amide bonds. The molecule has 0 spiro atoms. The van der Waals surface area contributed by atoms with Crippen molar-refractivity contribution in [3.8, 4) is 0 Å². The van der Waals surface area contributed by atoms with E-state index in [0.717, 1.165) is 0 Å². The second kappa shape index (κ2) is 5.76. The molecule has 0 aromatic carbocycles. The molecule has 0 saturated heterocycles. The summed E-state index contributed by atoms with van der Waals surface area (Å²) in [5.41, 5.74) is 0.656. The van der Waals surface area contributed by atoms with E-state index in [0.29, 0.717) is 5.56 Å². The van der Waals surface area contributed by atoms with Crippen LogP contribution in [0.15, 0.2) is 18.3 Å². The van der Waals surface area contributed by atoms with Crippen LogP contribution in [0.3, 0.4) is 0 Å². The highest BCUT2D eigenvalue weighted by Gasteiger charge is 2.24. The summed E-state index contributed by atoms with van der Waals surface area (Å²) in [6.45, 7) is 1.65. The van der Waals surface area contributed by atoms with E-state index in [-0.39, 0.29) is 5.69 Å². The lowest BCUT2D eigenvalue weighted by Gasteiger charge is -2.12. The number of carboxylic acid groups (broad SMARTS) is 2. The Hall–Kier alpha value is -2.44. The summed E-state index contributed by atoms with van der Waals surface area (Å²) in [6.07, 6.45) is 0.710. The van der Waals surface area contributed by atoms with Gasteiger partial charge in [0.2, 0.25) is 0 Å². The zero-order valence-corrected chi connectivity index (χ0v) is 9.58. The van der Waals surface area contributed by atoms with E-state index in [9.17, 15) is 14.4 Å². The minimum atomic E-state index is -1.48. The van der Waals surface area contributed by atoms with Crippen molar-refractivity contribution in [2.75, 3.05) is 0 Å². The maximum absolute atomic E-state index is 11.7. The quantitative estimate of drug-likeness (QED) is 0.681. The Labute approximate surface area is 102 Å². The van der Waals surface area contributed by atoms with Gasteiger partial charge in [-0.15, -0.1) is 0 Å². The van der Waals surface area contributed by atoms with E-state index in [2.05, 4.69) is 10.3 Å². The van der Waals surface area contributed by atoms with E-state index >= 15 is 0 Å². The highest BCUT2D eigenvalue weighted by molar-refractivity contribution is 5.96. The maximum Gasteiger partial charge on any atom is 0.326 e. The molecular weight excluding hydrogens is 240 g/mol. The second-order valence-electron chi connectivity index (χ2n) is 3.63. The molecule has 1 atom stereocenters. The van der Waals surface area contributed by atoms with Crippen molar-refractivity contribution >= 4 is 17.8 Å². The molecule has 7 heteroatoms. The van der Waals surface area contributed by atoms with Crippen LogP contribution in [0.1, 0.15) is 22.5 Å². The highest BCUT2D eigenvalue weighted by Crippen LogP contribution is 2.04.